The van der Waals surface area contributed by atoms with E-state index in [-0.39, 0.29) is 6.61 Å². The molecule has 0 aromatic heterocycles. The Morgan fingerprint density at radius 2 is 1.42 bits per heavy atom. The number of carbonyl (C=O) groups is 1. The van der Waals surface area contributed by atoms with E-state index in [9.17, 15) is 4.79 Å². The molecule has 0 fully saturated rings. The van der Waals surface area contributed by atoms with Crippen molar-refractivity contribution in [1.29, 1.82) is 0 Å². The van der Waals surface area contributed by atoms with Crippen LogP contribution in [0.25, 0.3) is 11.1 Å². The van der Waals surface area contributed by atoms with Gasteiger partial charge in [0, 0.05) is 0 Å². The Balaban J connectivity index is 1.58. The third-order valence-electron chi connectivity index (χ3n) is 3.63. The van der Waals surface area contributed by atoms with Crippen molar-refractivity contribution < 1.29 is 14.3 Å². The van der Waals surface area contributed by atoms with Crippen molar-refractivity contribution in [2.24, 2.45) is 0 Å². The maximum absolute atomic E-state index is 11.9. The molecule has 0 heterocycles. The Bertz CT molecular complexity index is 808. The standard InChI is InChI=1S/C21H18O3/c1-16-7-5-6-10-20(16)23-15-21(22)24-19-13-11-18(12-14-19)17-8-3-2-4-9-17/h2-14H,15H2,1H3. The van der Waals surface area contributed by atoms with Crippen molar-refractivity contribution in [3.63, 3.8) is 0 Å². The summed E-state index contributed by atoms with van der Waals surface area (Å²) in [5, 5.41) is 0. The average Bonchev–Trinajstić information content (AvgIpc) is 2.62. The Hall–Kier alpha value is -3.07. The van der Waals surface area contributed by atoms with E-state index in [2.05, 4.69) is 0 Å². The first kappa shape index (κ1) is 15.8. The van der Waals surface area contributed by atoms with Gasteiger partial charge in [0.25, 0.3) is 0 Å². The van der Waals surface area contributed by atoms with Gasteiger partial charge in [0.1, 0.15) is 11.5 Å². The number of para-hydroxylation sites is 1. The number of carbonyl (C=O) groups excluding carboxylic acids is 1. The van der Waals surface area contributed by atoms with Crippen LogP contribution in [-0.4, -0.2) is 12.6 Å². The minimum atomic E-state index is -0.425. The Morgan fingerprint density at radius 3 is 2.12 bits per heavy atom. The van der Waals surface area contributed by atoms with Crippen molar-refractivity contribution in [3.8, 4) is 22.6 Å². The van der Waals surface area contributed by atoms with Crippen molar-refractivity contribution in [3.05, 3.63) is 84.4 Å². The van der Waals surface area contributed by atoms with E-state index in [1.165, 1.54) is 0 Å². The van der Waals surface area contributed by atoms with E-state index in [0.29, 0.717) is 11.5 Å². The zero-order valence-electron chi connectivity index (χ0n) is 13.4. The highest BCUT2D eigenvalue weighted by atomic mass is 16.6. The van der Waals surface area contributed by atoms with Crippen LogP contribution in [0.15, 0.2) is 78.9 Å². The summed E-state index contributed by atoms with van der Waals surface area (Å²) in [5.74, 6) is 0.771. The maximum atomic E-state index is 11.9. The van der Waals surface area contributed by atoms with E-state index >= 15 is 0 Å². The molecule has 0 aliphatic heterocycles. The van der Waals surface area contributed by atoms with Gasteiger partial charge in [-0.15, -0.1) is 0 Å². The van der Waals surface area contributed by atoms with Gasteiger partial charge >= 0.3 is 5.97 Å². The van der Waals surface area contributed by atoms with Crippen LogP contribution < -0.4 is 9.47 Å². The van der Waals surface area contributed by atoms with E-state index < -0.39 is 5.97 Å². The highest BCUT2D eigenvalue weighted by Gasteiger charge is 2.07. The molecule has 0 radical (unpaired) electrons. The third-order valence-corrected chi connectivity index (χ3v) is 3.63. The van der Waals surface area contributed by atoms with Crippen molar-refractivity contribution in [2.45, 2.75) is 6.92 Å². The van der Waals surface area contributed by atoms with Gasteiger partial charge in [-0.2, -0.15) is 0 Å². The molecule has 3 rings (SSSR count). The van der Waals surface area contributed by atoms with Gasteiger partial charge in [0.15, 0.2) is 6.61 Å². The molecule has 0 bridgehead atoms. The fraction of sp³-hybridized carbons (Fsp3) is 0.0952. The van der Waals surface area contributed by atoms with E-state index in [1.807, 2.05) is 73.7 Å². The van der Waals surface area contributed by atoms with Gasteiger partial charge in [-0.05, 0) is 41.8 Å². The summed E-state index contributed by atoms with van der Waals surface area (Å²) in [6, 6.07) is 25.0. The molecule has 0 amide bonds. The normalized spacial score (nSPS) is 10.2. The Labute approximate surface area is 141 Å². The first-order valence-electron chi connectivity index (χ1n) is 7.77. The van der Waals surface area contributed by atoms with Crippen LogP contribution in [0, 0.1) is 6.92 Å². The summed E-state index contributed by atoms with van der Waals surface area (Å²) < 4.78 is 10.8. The number of esters is 1. The van der Waals surface area contributed by atoms with Crippen molar-refractivity contribution >= 4 is 5.97 Å². The summed E-state index contributed by atoms with van der Waals surface area (Å²) in [6.45, 7) is 1.81. The summed E-state index contributed by atoms with van der Waals surface area (Å²) in [7, 11) is 0. The Kier molecular flexibility index (Phi) is 4.92. The molecular weight excluding hydrogens is 300 g/mol. The summed E-state index contributed by atoms with van der Waals surface area (Å²) in [5.41, 5.74) is 3.18. The minimum Gasteiger partial charge on any atom is -0.482 e. The predicted molar refractivity (Wildman–Crippen MR) is 94.2 cm³/mol. The molecule has 3 nitrogen and oxygen atoms in total. The maximum Gasteiger partial charge on any atom is 0.349 e. The van der Waals surface area contributed by atoms with Crippen LogP contribution in [0.3, 0.4) is 0 Å². The molecular formula is C21H18O3. The van der Waals surface area contributed by atoms with Gasteiger partial charge < -0.3 is 9.47 Å². The highest BCUT2D eigenvalue weighted by Crippen LogP contribution is 2.22. The van der Waals surface area contributed by atoms with Gasteiger partial charge in [-0.3, -0.25) is 0 Å². The van der Waals surface area contributed by atoms with Gasteiger partial charge in [-0.1, -0.05) is 60.7 Å². The third kappa shape index (κ3) is 4.02. The molecule has 24 heavy (non-hydrogen) atoms. The zero-order valence-corrected chi connectivity index (χ0v) is 13.4. The van der Waals surface area contributed by atoms with Crippen molar-refractivity contribution in [1.82, 2.24) is 0 Å². The summed E-state index contributed by atoms with van der Waals surface area (Å²) >= 11 is 0. The van der Waals surface area contributed by atoms with Crippen LogP contribution in [0.2, 0.25) is 0 Å². The lowest BCUT2D eigenvalue weighted by atomic mass is 10.1. The second-order valence-corrected chi connectivity index (χ2v) is 5.42. The fourth-order valence-electron chi connectivity index (χ4n) is 2.36. The number of aryl methyl sites for hydroxylation is 1. The van der Waals surface area contributed by atoms with Gasteiger partial charge in [-0.25, -0.2) is 4.79 Å². The van der Waals surface area contributed by atoms with Crippen LogP contribution in [-0.2, 0) is 4.79 Å². The SMILES string of the molecule is Cc1ccccc1OCC(=O)Oc1ccc(-c2ccccc2)cc1. The molecule has 120 valence electrons. The van der Waals surface area contributed by atoms with E-state index in [1.54, 1.807) is 12.1 Å². The number of benzene rings is 3. The number of hydrogen-bond acceptors (Lipinski definition) is 3. The minimum absolute atomic E-state index is 0.120. The van der Waals surface area contributed by atoms with Crippen molar-refractivity contribution in [2.75, 3.05) is 6.61 Å². The van der Waals surface area contributed by atoms with Gasteiger partial charge in [0.2, 0.25) is 0 Å². The zero-order chi connectivity index (χ0) is 16.8. The summed E-state index contributed by atoms with van der Waals surface area (Å²) in [4.78, 5) is 11.9. The molecule has 0 N–H and O–H groups in total. The first-order valence-corrected chi connectivity index (χ1v) is 7.77. The molecule has 3 aromatic carbocycles. The second-order valence-electron chi connectivity index (χ2n) is 5.42. The molecule has 0 atom stereocenters. The average molecular weight is 318 g/mol. The molecule has 0 aliphatic rings. The van der Waals surface area contributed by atoms with Crippen LogP contribution in [0.5, 0.6) is 11.5 Å². The van der Waals surface area contributed by atoms with E-state index in [4.69, 9.17) is 9.47 Å². The molecule has 0 saturated heterocycles. The van der Waals surface area contributed by atoms with E-state index in [0.717, 1.165) is 16.7 Å². The molecule has 3 aromatic rings. The quantitative estimate of drug-likeness (QED) is 0.507. The van der Waals surface area contributed by atoms with Crippen LogP contribution >= 0.6 is 0 Å². The van der Waals surface area contributed by atoms with Crippen LogP contribution in [0.1, 0.15) is 5.56 Å². The molecule has 0 aliphatic carbocycles. The fourth-order valence-corrected chi connectivity index (χ4v) is 2.36. The Morgan fingerprint density at radius 1 is 0.792 bits per heavy atom. The highest BCUT2D eigenvalue weighted by molar-refractivity contribution is 5.74. The lowest BCUT2D eigenvalue weighted by molar-refractivity contribution is -0.136. The molecule has 3 heteroatoms. The van der Waals surface area contributed by atoms with Gasteiger partial charge in [0.05, 0.1) is 0 Å². The lowest BCUT2D eigenvalue weighted by Crippen LogP contribution is -2.17. The number of hydrogen-bond donors (Lipinski definition) is 0. The molecule has 0 spiro atoms. The summed E-state index contributed by atoms with van der Waals surface area (Å²) in [6.07, 6.45) is 0. The number of ether oxygens (including phenoxy) is 2. The lowest BCUT2D eigenvalue weighted by Gasteiger charge is -2.09. The monoisotopic (exact) mass is 318 g/mol. The first-order chi connectivity index (χ1) is 11.7. The second kappa shape index (κ2) is 7.47. The topological polar surface area (TPSA) is 35.5 Å². The predicted octanol–water partition coefficient (Wildman–Crippen LogP) is 4.65. The largest absolute Gasteiger partial charge is 0.482 e. The smallest absolute Gasteiger partial charge is 0.349 e. The van der Waals surface area contributed by atoms with Crippen LogP contribution in [0.4, 0.5) is 0 Å². The molecule has 0 unspecified atom stereocenters. The number of rotatable bonds is 5. The molecule has 0 saturated carbocycles.